The number of amides is 1. The second-order valence-electron chi connectivity index (χ2n) is 3.03. The molecule has 0 bridgehead atoms. The number of carbonyl (C=O) groups excluding carboxylic acids is 1. The van der Waals surface area contributed by atoms with Crippen LogP contribution in [0.25, 0.3) is 0 Å². The highest BCUT2D eigenvalue weighted by Gasteiger charge is 2.23. The SMILES string of the molecule is CC(C)[C@H](NC(=O)OCCBr)C(=O)O. The first-order valence-electron chi connectivity index (χ1n) is 4.21. The molecule has 0 saturated heterocycles. The minimum absolute atomic E-state index is 0.177. The third-order valence-corrected chi connectivity index (χ3v) is 1.84. The minimum Gasteiger partial charge on any atom is -0.480 e. The average Bonchev–Trinajstić information content (AvgIpc) is 2.09. The predicted molar refractivity (Wildman–Crippen MR) is 54.5 cm³/mol. The molecule has 0 saturated carbocycles. The number of carboxylic acid groups (broad SMARTS) is 1. The van der Waals surface area contributed by atoms with Crippen LogP contribution < -0.4 is 5.32 Å². The summed E-state index contributed by atoms with van der Waals surface area (Å²) < 4.78 is 4.66. The molecule has 0 aromatic heterocycles. The van der Waals surface area contributed by atoms with E-state index in [1.54, 1.807) is 13.8 Å². The highest BCUT2D eigenvalue weighted by Crippen LogP contribution is 2.01. The number of halogens is 1. The number of hydrogen-bond donors (Lipinski definition) is 2. The molecule has 0 aromatic carbocycles. The molecule has 82 valence electrons. The van der Waals surface area contributed by atoms with Gasteiger partial charge in [0.05, 0.1) is 0 Å². The van der Waals surface area contributed by atoms with Crippen molar-refractivity contribution in [3.63, 3.8) is 0 Å². The number of aliphatic carboxylic acids is 1. The van der Waals surface area contributed by atoms with Crippen molar-refractivity contribution in [3.05, 3.63) is 0 Å². The van der Waals surface area contributed by atoms with Gasteiger partial charge in [0.1, 0.15) is 12.6 Å². The van der Waals surface area contributed by atoms with Crippen LogP contribution in [-0.4, -0.2) is 35.1 Å². The first-order valence-corrected chi connectivity index (χ1v) is 5.33. The van der Waals surface area contributed by atoms with E-state index in [0.29, 0.717) is 5.33 Å². The van der Waals surface area contributed by atoms with Gasteiger partial charge in [0.15, 0.2) is 0 Å². The predicted octanol–water partition coefficient (Wildman–Crippen LogP) is 1.22. The largest absolute Gasteiger partial charge is 0.480 e. The van der Waals surface area contributed by atoms with Gasteiger partial charge in [-0.25, -0.2) is 9.59 Å². The number of carbonyl (C=O) groups is 2. The lowest BCUT2D eigenvalue weighted by Crippen LogP contribution is -2.44. The van der Waals surface area contributed by atoms with Crippen molar-refractivity contribution in [1.29, 1.82) is 0 Å². The Labute approximate surface area is 90.9 Å². The standard InChI is InChI=1S/C8H14BrNO4/c1-5(2)6(7(11)12)10-8(13)14-4-3-9/h5-6H,3-4H2,1-2H3,(H,10,13)(H,11,12)/t6-/m0/s1. The van der Waals surface area contributed by atoms with Gasteiger partial charge in [0, 0.05) is 5.33 Å². The van der Waals surface area contributed by atoms with Gasteiger partial charge in [-0.2, -0.15) is 0 Å². The van der Waals surface area contributed by atoms with Crippen LogP contribution in [0, 0.1) is 5.92 Å². The summed E-state index contributed by atoms with van der Waals surface area (Å²) >= 11 is 3.08. The van der Waals surface area contributed by atoms with Crippen LogP contribution in [0.4, 0.5) is 4.79 Å². The molecule has 0 fully saturated rings. The van der Waals surface area contributed by atoms with Crippen molar-refractivity contribution < 1.29 is 19.4 Å². The third-order valence-electron chi connectivity index (χ3n) is 1.52. The second-order valence-corrected chi connectivity index (χ2v) is 3.82. The number of nitrogens with one attached hydrogen (secondary N) is 1. The monoisotopic (exact) mass is 267 g/mol. The van der Waals surface area contributed by atoms with Crippen LogP contribution in [0.1, 0.15) is 13.8 Å². The third kappa shape index (κ3) is 5.06. The number of rotatable bonds is 5. The van der Waals surface area contributed by atoms with Gasteiger partial charge >= 0.3 is 12.1 Å². The summed E-state index contributed by atoms with van der Waals surface area (Å²) in [5.41, 5.74) is 0. The Kier molecular flexibility index (Phi) is 6.27. The minimum atomic E-state index is -1.06. The van der Waals surface area contributed by atoms with Crippen LogP contribution >= 0.6 is 15.9 Å². The molecular formula is C8H14BrNO4. The van der Waals surface area contributed by atoms with Gasteiger partial charge in [0.25, 0.3) is 0 Å². The van der Waals surface area contributed by atoms with Crippen LogP contribution in [-0.2, 0) is 9.53 Å². The fourth-order valence-electron chi connectivity index (χ4n) is 0.813. The van der Waals surface area contributed by atoms with Crippen molar-refractivity contribution in [2.75, 3.05) is 11.9 Å². The zero-order chi connectivity index (χ0) is 11.1. The Balaban J connectivity index is 4.04. The van der Waals surface area contributed by atoms with E-state index in [-0.39, 0.29) is 12.5 Å². The quantitative estimate of drug-likeness (QED) is 0.735. The summed E-state index contributed by atoms with van der Waals surface area (Å²) in [6, 6.07) is -0.905. The molecule has 2 N–H and O–H groups in total. The number of alkyl carbamates (subject to hydrolysis) is 1. The highest BCUT2D eigenvalue weighted by molar-refractivity contribution is 9.09. The zero-order valence-corrected chi connectivity index (χ0v) is 9.70. The first-order chi connectivity index (χ1) is 6.49. The maximum absolute atomic E-state index is 11.0. The Morgan fingerprint density at radius 2 is 2.07 bits per heavy atom. The molecular weight excluding hydrogens is 254 g/mol. The first kappa shape index (κ1) is 13.2. The number of ether oxygens (including phenoxy) is 1. The maximum Gasteiger partial charge on any atom is 0.407 e. The van der Waals surface area contributed by atoms with Crippen molar-refractivity contribution in [1.82, 2.24) is 5.32 Å². The van der Waals surface area contributed by atoms with Crippen LogP contribution in [0.5, 0.6) is 0 Å². The van der Waals surface area contributed by atoms with E-state index in [9.17, 15) is 9.59 Å². The molecule has 14 heavy (non-hydrogen) atoms. The van der Waals surface area contributed by atoms with E-state index in [2.05, 4.69) is 26.0 Å². The Morgan fingerprint density at radius 3 is 2.43 bits per heavy atom. The van der Waals surface area contributed by atoms with Crippen molar-refractivity contribution in [3.8, 4) is 0 Å². The van der Waals surface area contributed by atoms with E-state index < -0.39 is 18.1 Å². The summed E-state index contributed by atoms with van der Waals surface area (Å²) in [6.45, 7) is 3.64. The van der Waals surface area contributed by atoms with Crippen LogP contribution in [0.2, 0.25) is 0 Å². The van der Waals surface area contributed by atoms with Crippen molar-refractivity contribution in [2.24, 2.45) is 5.92 Å². The number of carboxylic acids is 1. The molecule has 0 rings (SSSR count). The van der Waals surface area contributed by atoms with Gasteiger partial charge in [-0.1, -0.05) is 29.8 Å². The molecule has 0 aliphatic rings. The molecule has 0 radical (unpaired) electrons. The molecule has 0 spiro atoms. The molecule has 6 heteroatoms. The summed E-state index contributed by atoms with van der Waals surface area (Å²) in [6.07, 6.45) is -0.703. The summed E-state index contributed by atoms with van der Waals surface area (Å²) in [4.78, 5) is 21.7. The van der Waals surface area contributed by atoms with Gasteiger partial charge in [0.2, 0.25) is 0 Å². The van der Waals surface area contributed by atoms with E-state index in [0.717, 1.165) is 0 Å². The maximum atomic E-state index is 11.0. The number of hydrogen-bond acceptors (Lipinski definition) is 3. The molecule has 0 heterocycles. The lowest BCUT2D eigenvalue weighted by Gasteiger charge is -2.17. The van der Waals surface area contributed by atoms with Crippen molar-refractivity contribution in [2.45, 2.75) is 19.9 Å². The molecule has 5 nitrogen and oxygen atoms in total. The molecule has 0 aliphatic heterocycles. The van der Waals surface area contributed by atoms with Crippen LogP contribution in [0.15, 0.2) is 0 Å². The Hall–Kier alpha value is -0.780. The summed E-state index contributed by atoms with van der Waals surface area (Å²) in [5.74, 6) is -1.24. The lowest BCUT2D eigenvalue weighted by atomic mass is 10.1. The summed E-state index contributed by atoms with van der Waals surface area (Å²) in [5, 5.41) is 11.5. The van der Waals surface area contributed by atoms with Gasteiger partial charge < -0.3 is 15.2 Å². The molecule has 0 aliphatic carbocycles. The van der Waals surface area contributed by atoms with E-state index in [1.165, 1.54) is 0 Å². The number of alkyl halides is 1. The Bertz CT molecular complexity index is 208. The van der Waals surface area contributed by atoms with Gasteiger partial charge in [-0.15, -0.1) is 0 Å². The molecule has 0 unspecified atom stereocenters. The van der Waals surface area contributed by atoms with E-state index in [1.807, 2.05) is 0 Å². The fraction of sp³-hybridized carbons (Fsp3) is 0.750. The van der Waals surface area contributed by atoms with E-state index in [4.69, 9.17) is 5.11 Å². The van der Waals surface area contributed by atoms with E-state index >= 15 is 0 Å². The topological polar surface area (TPSA) is 75.6 Å². The Morgan fingerprint density at radius 1 is 1.50 bits per heavy atom. The van der Waals surface area contributed by atoms with Gasteiger partial charge in [-0.05, 0) is 5.92 Å². The fourth-order valence-corrected chi connectivity index (χ4v) is 0.975. The second kappa shape index (κ2) is 6.64. The normalized spacial score (nSPS) is 12.3. The lowest BCUT2D eigenvalue weighted by molar-refractivity contribution is -0.140. The molecule has 0 aromatic rings. The molecule has 1 amide bonds. The summed E-state index contributed by atoms with van der Waals surface area (Å²) in [7, 11) is 0. The highest BCUT2D eigenvalue weighted by atomic mass is 79.9. The smallest absolute Gasteiger partial charge is 0.407 e. The van der Waals surface area contributed by atoms with Crippen LogP contribution in [0.3, 0.4) is 0 Å². The average molecular weight is 268 g/mol. The molecule has 1 atom stereocenters. The van der Waals surface area contributed by atoms with Gasteiger partial charge in [-0.3, -0.25) is 0 Å². The van der Waals surface area contributed by atoms with Crippen molar-refractivity contribution >= 4 is 28.0 Å². The zero-order valence-electron chi connectivity index (χ0n) is 8.12.